The minimum atomic E-state index is 0.530. The second-order valence-electron chi connectivity index (χ2n) is 7.75. The number of fused-ring (bicyclic) bond motifs is 1. The lowest BCUT2D eigenvalue weighted by atomic mass is 10.1. The Hall–Kier alpha value is -3.65. The van der Waals surface area contributed by atoms with E-state index in [2.05, 4.69) is 49.5 Å². The number of H-pyrrole nitrogens is 1. The van der Waals surface area contributed by atoms with Gasteiger partial charge in [0.05, 0.1) is 24.5 Å². The van der Waals surface area contributed by atoms with Crippen LogP contribution in [0.1, 0.15) is 0 Å². The topological polar surface area (TPSA) is 82.2 Å². The fraction of sp³-hybridized carbons (Fsp3) is 0.261. The average molecular weight is 416 g/mol. The molecule has 2 aromatic carbocycles. The molecule has 8 nitrogen and oxygen atoms in total. The van der Waals surface area contributed by atoms with E-state index in [1.54, 1.807) is 13.3 Å². The number of nitrogens with one attached hydrogen (secondary N) is 2. The van der Waals surface area contributed by atoms with Gasteiger partial charge < -0.3 is 19.9 Å². The summed E-state index contributed by atoms with van der Waals surface area (Å²) in [5.41, 5.74) is 4.95. The van der Waals surface area contributed by atoms with E-state index in [1.165, 1.54) is 5.69 Å². The summed E-state index contributed by atoms with van der Waals surface area (Å²) in [6.07, 6.45) is 5.50. The van der Waals surface area contributed by atoms with E-state index >= 15 is 0 Å². The van der Waals surface area contributed by atoms with Crippen LogP contribution in [0.4, 0.5) is 17.3 Å². The second kappa shape index (κ2) is 8.23. The number of ether oxygens (including phenoxy) is 1. The highest BCUT2D eigenvalue weighted by Crippen LogP contribution is 2.32. The molecule has 0 unspecified atom stereocenters. The lowest BCUT2D eigenvalue weighted by molar-refractivity contribution is 0.312. The van der Waals surface area contributed by atoms with Crippen LogP contribution in [0.5, 0.6) is 5.75 Å². The van der Waals surface area contributed by atoms with Crippen molar-refractivity contribution < 1.29 is 4.74 Å². The minimum Gasteiger partial charge on any atom is -0.494 e. The first-order valence-corrected chi connectivity index (χ1v) is 10.3. The fourth-order valence-corrected chi connectivity index (χ4v) is 3.84. The molecule has 0 spiro atoms. The summed E-state index contributed by atoms with van der Waals surface area (Å²) in [7, 11) is 3.85. The predicted octanol–water partition coefficient (Wildman–Crippen LogP) is 3.52. The van der Waals surface area contributed by atoms with Crippen molar-refractivity contribution in [2.75, 3.05) is 50.6 Å². The van der Waals surface area contributed by atoms with Gasteiger partial charge in [-0.05, 0) is 30.8 Å². The monoisotopic (exact) mass is 415 g/mol. The zero-order valence-corrected chi connectivity index (χ0v) is 17.7. The molecular formula is C23H25N7O. The summed E-state index contributed by atoms with van der Waals surface area (Å²) in [4.78, 5) is 13.9. The Morgan fingerprint density at radius 2 is 1.87 bits per heavy atom. The standard InChI is InChI=1S/C23H25N7O/c1-29-7-9-30(10-8-29)19-5-6-20(22(12-19)31-2)27-23-24-13-17-4-3-16(11-21(17)28-23)18-14-25-26-15-18/h3-6,11-15H,7-10H2,1-2H3,(H,25,26)(H,24,27,28). The van der Waals surface area contributed by atoms with E-state index < -0.39 is 0 Å². The number of piperazine rings is 1. The normalized spacial score (nSPS) is 14.7. The molecule has 0 bridgehead atoms. The maximum absolute atomic E-state index is 5.66. The third-order valence-corrected chi connectivity index (χ3v) is 5.71. The summed E-state index contributed by atoms with van der Waals surface area (Å²) in [5.74, 6) is 1.30. The summed E-state index contributed by atoms with van der Waals surface area (Å²) in [6, 6.07) is 12.3. The molecule has 1 aliphatic heterocycles. The average Bonchev–Trinajstić information content (AvgIpc) is 3.34. The Morgan fingerprint density at radius 1 is 1.00 bits per heavy atom. The first kappa shape index (κ1) is 19.3. The van der Waals surface area contributed by atoms with Gasteiger partial charge in [-0.25, -0.2) is 9.97 Å². The number of likely N-dealkylation sites (N-methyl/N-ethyl adjacent to an activating group) is 1. The van der Waals surface area contributed by atoms with Gasteiger partial charge in [0.2, 0.25) is 5.95 Å². The number of nitrogens with zero attached hydrogens (tertiary/aromatic N) is 5. The number of hydrogen-bond acceptors (Lipinski definition) is 7. The largest absolute Gasteiger partial charge is 0.494 e. The molecule has 2 N–H and O–H groups in total. The zero-order valence-electron chi connectivity index (χ0n) is 17.7. The lowest BCUT2D eigenvalue weighted by Gasteiger charge is -2.34. The molecule has 3 heterocycles. The van der Waals surface area contributed by atoms with Crippen molar-refractivity contribution >= 4 is 28.2 Å². The number of aromatic nitrogens is 4. The van der Waals surface area contributed by atoms with Crippen LogP contribution in [0.15, 0.2) is 55.0 Å². The number of benzene rings is 2. The fourth-order valence-electron chi connectivity index (χ4n) is 3.84. The molecule has 158 valence electrons. The Bertz CT molecular complexity index is 1180. The Labute approximate surface area is 180 Å². The Balaban J connectivity index is 1.40. The van der Waals surface area contributed by atoms with Crippen molar-refractivity contribution in [2.24, 2.45) is 0 Å². The van der Waals surface area contributed by atoms with Crippen LogP contribution in [0.25, 0.3) is 22.0 Å². The summed E-state index contributed by atoms with van der Waals surface area (Å²) in [5, 5.41) is 11.2. The molecule has 4 aromatic rings. The van der Waals surface area contributed by atoms with E-state index in [0.717, 1.165) is 59.6 Å². The number of methoxy groups -OCH3 is 1. The van der Waals surface area contributed by atoms with E-state index in [-0.39, 0.29) is 0 Å². The quantitative estimate of drug-likeness (QED) is 0.516. The van der Waals surface area contributed by atoms with Crippen molar-refractivity contribution in [2.45, 2.75) is 0 Å². The smallest absolute Gasteiger partial charge is 0.227 e. The second-order valence-corrected chi connectivity index (χ2v) is 7.75. The molecule has 0 saturated carbocycles. The molecule has 31 heavy (non-hydrogen) atoms. The number of rotatable bonds is 5. The van der Waals surface area contributed by atoms with Gasteiger partial charge in [-0.1, -0.05) is 12.1 Å². The Morgan fingerprint density at radius 3 is 2.65 bits per heavy atom. The maximum atomic E-state index is 5.66. The highest BCUT2D eigenvalue weighted by Gasteiger charge is 2.16. The SMILES string of the molecule is COc1cc(N2CCN(C)CC2)ccc1Nc1ncc2ccc(-c3cn[nH]c3)cc2n1. The number of hydrogen-bond donors (Lipinski definition) is 2. The third-order valence-electron chi connectivity index (χ3n) is 5.71. The highest BCUT2D eigenvalue weighted by atomic mass is 16.5. The van der Waals surface area contributed by atoms with Crippen LogP contribution in [0.3, 0.4) is 0 Å². The summed E-state index contributed by atoms with van der Waals surface area (Å²) >= 11 is 0. The maximum Gasteiger partial charge on any atom is 0.227 e. The van der Waals surface area contributed by atoms with Gasteiger partial charge >= 0.3 is 0 Å². The molecular weight excluding hydrogens is 390 g/mol. The van der Waals surface area contributed by atoms with Gasteiger partial charge in [-0.2, -0.15) is 5.10 Å². The molecule has 0 atom stereocenters. The van der Waals surface area contributed by atoms with Crippen molar-refractivity contribution in [3.8, 4) is 16.9 Å². The molecule has 1 fully saturated rings. The van der Waals surface area contributed by atoms with Crippen molar-refractivity contribution in [3.05, 3.63) is 55.0 Å². The minimum absolute atomic E-state index is 0.530. The molecule has 1 saturated heterocycles. The first-order valence-electron chi connectivity index (χ1n) is 10.3. The highest BCUT2D eigenvalue weighted by molar-refractivity contribution is 5.84. The van der Waals surface area contributed by atoms with E-state index in [1.807, 2.05) is 36.7 Å². The Kier molecular flexibility index (Phi) is 5.13. The van der Waals surface area contributed by atoms with Crippen molar-refractivity contribution in [3.63, 3.8) is 0 Å². The van der Waals surface area contributed by atoms with Crippen molar-refractivity contribution in [1.29, 1.82) is 0 Å². The molecule has 8 heteroatoms. The van der Waals surface area contributed by atoms with E-state index in [0.29, 0.717) is 5.95 Å². The van der Waals surface area contributed by atoms with E-state index in [9.17, 15) is 0 Å². The summed E-state index contributed by atoms with van der Waals surface area (Å²) < 4.78 is 5.66. The molecule has 0 radical (unpaired) electrons. The van der Waals surface area contributed by atoms with Crippen molar-refractivity contribution in [1.82, 2.24) is 25.1 Å². The summed E-state index contributed by atoms with van der Waals surface area (Å²) in [6.45, 7) is 4.15. The van der Waals surface area contributed by atoms with Gasteiger partial charge in [0.25, 0.3) is 0 Å². The van der Waals surface area contributed by atoms with Crippen LogP contribution < -0.4 is 15.0 Å². The van der Waals surface area contributed by atoms with Gasteiger partial charge in [0, 0.05) is 61.3 Å². The van der Waals surface area contributed by atoms with Crippen LogP contribution in [-0.2, 0) is 0 Å². The van der Waals surface area contributed by atoms with Crippen LogP contribution in [-0.4, -0.2) is 65.4 Å². The van der Waals surface area contributed by atoms with Gasteiger partial charge in [0.1, 0.15) is 5.75 Å². The molecule has 1 aliphatic rings. The van der Waals surface area contributed by atoms with Gasteiger partial charge in [0.15, 0.2) is 0 Å². The number of anilines is 3. The van der Waals surface area contributed by atoms with Gasteiger partial charge in [-0.15, -0.1) is 0 Å². The van der Waals surface area contributed by atoms with Crippen LogP contribution >= 0.6 is 0 Å². The first-order chi connectivity index (χ1) is 15.2. The molecule has 5 rings (SSSR count). The van der Waals surface area contributed by atoms with Crippen LogP contribution in [0, 0.1) is 0 Å². The lowest BCUT2D eigenvalue weighted by Crippen LogP contribution is -2.44. The van der Waals surface area contributed by atoms with Gasteiger partial charge in [-0.3, -0.25) is 5.10 Å². The molecule has 0 aliphatic carbocycles. The third kappa shape index (κ3) is 4.02. The molecule has 2 aromatic heterocycles. The molecule has 0 amide bonds. The number of aromatic amines is 1. The van der Waals surface area contributed by atoms with Crippen LogP contribution in [0.2, 0.25) is 0 Å². The van der Waals surface area contributed by atoms with E-state index in [4.69, 9.17) is 9.72 Å². The zero-order chi connectivity index (χ0) is 21.2. The predicted molar refractivity (Wildman–Crippen MR) is 123 cm³/mol.